The highest BCUT2D eigenvalue weighted by molar-refractivity contribution is 5.88. The Morgan fingerprint density at radius 2 is 2.11 bits per heavy atom. The van der Waals surface area contributed by atoms with Gasteiger partial charge in [0.2, 0.25) is 5.79 Å². The normalized spacial score (nSPS) is 25.1. The number of cyclic esters (lactones) is 1. The topological polar surface area (TPSA) is 76.0 Å². The van der Waals surface area contributed by atoms with Crippen molar-refractivity contribution in [2.24, 2.45) is 0 Å². The van der Waals surface area contributed by atoms with Crippen molar-refractivity contribution in [3.8, 4) is 11.5 Å². The van der Waals surface area contributed by atoms with E-state index in [0.29, 0.717) is 16.9 Å². The maximum absolute atomic E-state index is 11.2. The van der Waals surface area contributed by atoms with Crippen molar-refractivity contribution in [2.75, 3.05) is 6.61 Å². The Morgan fingerprint density at radius 3 is 2.79 bits per heavy atom. The number of rotatable bonds is 1. The Labute approximate surface area is 109 Å². The summed E-state index contributed by atoms with van der Waals surface area (Å²) < 4.78 is 10.3. The molecule has 2 heterocycles. The number of phenolic OH excluding ortho intramolecular Hbond substituents is 1. The van der Waals surface area contributed by atoms with Gasteiger partial charge in [-0.1, -0.05) is 0 Å². The van der Waals surface area contributed by atoms with Gasteiger partial charge in [-0.2, -0.15) is 0 Å². The molecule has 0 bridgehead atoms. The molecule has 2 aliphatic heterocycles. The third-order valence-corrected chi connectivity index (χ3v) is 3.12. The molecule has 1 aromatic rings. The first-order valence-electron chi connectivity index (χ1n) is 5.80. The predicted octanol–water partition coefficient (Wildman–Crippen LogP) is 1.36. The molecule has 0 amide bonds. The molecule has 0 aromatic heterocycles. The van der Waals surface area contributed by atoms with E-state index in [-0.39, 0.29) is 12.4 Å². The SMILES string of the molecule is CC1(O)OC(=O)C=C1C1=Cc2ccc(O)cc2OC1. The summed E-state index contributed by atoms with van der Waals surface area (Å²) in [5.41, 5.74) is 1.85. The molecule has 0 aliphatic carbocycles. The van der Waals surface area contributed by atoms with Crippen LogP contribution in [-0.4, -0.2) is 28.6 Å². The molecule has 2 N–H and O–H groups in total. The molecule has 0 saturated heterocycles. The lowest BCUT2D eigenvalue weighted by atomic mass is 9.96. The second-order valence-electron chi connectivity index (χ2n) is 4.64. The molecule has 0 saturated carbocycles. The van der Waals surface area contributed by atoms with E-state index in [9.17, 15) is 15.0 Å². The zero-order valence-corrected chi connectivity index (χ0v) is 10.2. The Bertz CT molecular complexity index is 625. The molecule has 1 atom stereocenters. The molecule has 19 heavy (non-hydrogen) atoms. The van der Waals surface area contributed by atoms with Crippen molar-refractivity contribution < 1.29 is 24.5 Å². The van der Waals surface area contributed by atoms with E-state index in [4.69, 9.17) is 9.47 Å². The van der Waals surface area contributed by atoms with Gasteiger partial charge >= 0.3 is 5.97 Å². The number of esters is 1. The number of fused-ring (bicyclic) bond motifs is 1. The number of hydrogen-bond acceptors (Lipinski definition) is 5. The third kappa shape index (κ3) is 1.98. The number of phenols is 1. The van der Waals surface area contributed by atoms with Crippen molar-refractivity contribution >= 4 is 12.0 Å². The van der Waals surface area contributed by atoms with Crippen LogP contribution < -0.4 is 4.74 Å². The highest BCUT2D eigenvalue weighted by Crippen LogP contribution is 2.37. The van der Waals surface area contributed by atoms with Gasteiger partial charge in [0.05, 0.1) is 0 Å². The van der Waals surface area contributed by atoms with Gasteiger partial charge < -0.3 is 19.7 Å². The number of carbonyl (C=O) groups excluding carboxylic acids is 1. The zero-order chi connectivity index (χ0) is 13.6. The number of aliphatic hydroxyl groups is 1. The zero-order valence-electron chi connectivity index (χ0n) is 10.2. The van der Waals surface area contributed by atoms with E-state index in [2.05, 4.69) is 0 Å². The predicted molar refractivity (Wildman–Crippen MR) is 66.4 cm³/mol. The second kappa shape index (κ2) is 3.86. The molecular weight excluding hydrogens is 248 g/mol. The number of hydrogen-bond donors (Lipinski definition) is 2. The fraction of sp³-hybridized carbons (Fsp3) is 0.214. The van der Waals surface area contributed by atoms with Gasteiger partial charge in [0, 0.05) is 30.2 Å². The molecule has 1 aromatic carbocycles. The van der Waals surface area contributed by atoms with Gasteiger partial charge in [0.1, 0.15) is 18.1 Å². The Morgan fingerprint density at radius 1 is 1.32 bits per heavy atom. The number of carbonyl (C=O) groups is 1. The lowest BCUT2D eigenvalue weighted by molar-refractivity contribution is -0.174. The van der Waals surface area contributed by atoms with Crippen LogP contribution in [0.1, 0.15) is 12.5 Å². The summed E-state index contributed by atoms with van der Waals surface area (Å²) in [6.07, 6.45) is 3.07. The van der Waals surface area contributed by atoms with Crippen LogP contribution in [0.25, 0.3) is 6.08 Å². The molecule has 5 heteroatoms. The van der Waals surface area contributed by atoms with Crippen LogP contribution in [0.4, 0.5) is 0 Å². The average molecular weight is 260 g/mol. The van der Waals surface area contributed by atoms with Crippen LogP contribution in [0.3, 0.4) is 0 Å². The van der Waals surface area contributed by atoms with Crippen molar-refractivity contribution in [1.82, 2.24) is 0 Å². The van der Waals surface area contributed by atoms with Gasteiger partial charge in [0.15, 0.2) is 0 Å². The number of benzene rings is 1. The van der Waals surface area contributed by atoms with Crippen molar-refractivity contribution in [2.45, 2.75) is 12.7 Å². The van der Waals surface area contributed by atoms with Crippen LogP contribution in [0, 0.1) is 0 Å². The highest BCUT2D eigenvalue weighted by Gasteiger charge is 2.39. The Kier molecular flexibility index (Phi) is 2.40. The summed E-state index contributed by atoms with van der Waals surface area (Å²) in [7, 11) is 0. The molecule has 5 nitrogen and oxygen atoms in total. The molecule has 0 radical (unpaired) electrons. The molecule has 98 valence electrons. The maximum Gasteiger partial charge on any atom is 0.334 e. The first kappa shape index (κ1) is 11.8. The van der Waals surface area contributed by atoms with Crippen LogP contribution in [0.2, 0.25) is 0 Å². The van der Waals surface area contributed by atoms with Crippen molar-refractivity contribution in [3.05, 3.63) is 41.0 Å². The first-order chi connectivity index (χ1) is 8.95. The summed E-state index contributed by atoms with van der Waals surface area (Å²) >= 11 is 0. The van der Waals surface area contributed by atoms with E-state index < -0.39 is 11.8 Å². The molecular formula is C14H12O5. The fourth-order valence-corrected chi connectivity index (χ4v) is 2.23. The van der Waals surface area contributed by atoms with Crippen molar-refractivity contribution in [1.29, 1.82) is 0 Å². The Hall–Kier alpha value is -2.27. The van der Waals surface area contributed by atoms with Crippen LogP contribution in [0.5, 0.6) is 11.5 Å². The van der Waals surface area contributed by atoms with Gasteiger partial charge in [0.25, 0.3) is 0 Å². The third-order valence-electron chi connectivity index (χ3n) is 3.12. The largest absolute Gasteiger partial charge is 0.508 e. The summed E-state index contributed by atoms with van der Waals surface area (Å²) in [5, 5.41) is 19.4. The minimum absolute atomic E-state index is 0.126. The van der Waals surface area contributed by atoms with Gasteiger partial charge in [-0.05, 0) is 23.8 Å². The summed E-state index contributed by atoms with van der Waals surface area (Å²) in [5.74, 6) is -1.51. The van der Waals surface area contributed by atoms with Gasteiger partial charge in [-0.15, -0.1) is 0 Å². The van der Waals surface area contributed by atoms with Crippen LogP contribution in [0.15, 0.2) is 35.4 Å². The second-order valence-corrected chi connectivity index (χ2v) is 4.64. The maximum atomic E-state index is 11.2. The number of aromatic hydroxyl groups is 1. The van der Waals surface area contributed by atoms with Crippen molar-refractivity contribution in [3.63, 3.8) is 0 Å². The van der Waals surface area contributed by atoms with E-state index in [1.54, 1.807) is 18.2 Å². The summed E-state index contributed by atoms with van der Waals surface area (Å²) in [4.78, 5) is 11.2. The molecule has 1 unspecified atom stereocenters. The smallest absolute Gasteiger partial charge is 0.334 e. The monoisotopic (exact) mass is 260 g/mol. The van der Waals surface area contributed by atoms with Crippen LogP contribution >= 0.6 is 0 Å². The lowest BCUT2D eigenvalue weighted by Gasteiger charge is -2.24. The van der Waals surface area contributed by atoms with Crippen LogP contribution in [-0.2, 0) is 9.53 Å². The average Bonchev–Trinajstić information content (AvgIpc) is 2.62. The molecule has 0 spiro atoms. The van der Waals surface area contributed by atoms with E-state index >= 15 is 0 Å². The molecule has 0 fully saturated rings. The molecule has 2 aliphatic rings. The van der Waals surface area contributed by atoms with Gasteiger partial charge in [-0.3, -0.25) is 0 Å². The first-order valence-corrected chi connectivity index (χ1v) is 5.80. The standard InChI is InChI=1S/C14H12O5/c1-14(17)11(6-13(16)19-14)9-4-8-2-3-10(15)5-12(8)18-7-9/h2-6,15,17H,7H2,1H3. The lowest BCUT2D eigenvalue weighted by Crippen LogP contribution is -2.29. The molecule has 3 rings (SSSR count). The summed E-state index contributed by atoms with van der Waals surface area (Å²) in [6.45, 7) is 1.62. The summed E-state index contributed by atoms with van der Waals surface area (Å²) in [6, 6.07) is 4.77. The van der Waals surface area contributed by atoms with E-state index in [1.807, 2.05) is 0 Å². The minimum Gasteiger partial charge on any atom is -0.508 e. The van der Waals surface area contributed by atoms with E-state index in [0.717, 1.165) is 5.56 Å². The fourth-order valence-electron chi connectivity index (χ4n) is 2.23. The quantitative estimate of drug-likeness (QED) is 0.746. The van der Waals surface area contributed by atoms with E-state index in [1.165, 1.54) is 19.1 Å². The minimum atomic E-state index is -1.62. The Balaban J connectivity index is 2.02. The number of ether oxygens (including phenoxy) is 2. The van der Waals surface area contributed by atoms with Gasteiger partial charge in [-0.25, -0.2) is 4.79 Å². The highest BCUT2D eigenvalue weighted by atomic mass is 16.7.